The number of nitrogens with one attached hydrogen (secondary N) is 3. The first kappa shape index (κ1) is 36.5. The lowest BCUT2D eigenvalue weighted by Gasteiger charge is -2.20. The van der Waals surface area contributed by atoms with Crippen LogP contribution in [0.2, 0.25) is 0 Å². The number of alkyl halides is 2. The second-order valence-corrected chi connectivity index (χ2v) is 12.1. The van der Waals surface area contributed by atoms with E-state index in [4.69, 9.17) is 4.74 Å². The zero-order valence-electron chi connectivity index (χ0n) is 27.9. The second-order valence-electron chi connectivity index (χ2n) is 12.1. The predicted molar refractivity (Wildman–Crippen MR) is 177 cm³/mol. The van der Waals surface area contributed by atoms with Crippen LogP contribution in [0.4, 0.5) is 14.6 Å². The summed E-state index contributed by atoms with van der Waals surface area (Å²) >= 11 is 0. The molecule has 1 aliphatic rings. The third kappa shape index (κ3) is 7.56. The van der Waals surface area contributed by atoms with Gasteiger partial charge in [-0.05, 0) is 61.7 Å². The molecule has 1 aliphatic heterocycles. The zero-order valence-corrected chi connectivity index (χ0v) is 27.9. The fourth-order valence-corrected chi connectivity index (χ4v) is 5.44. The molecule has 16 nitrogen and oxygen atoms in total. The number of phenols is 2. The molecule has 51 heavy (non-hydrogen) atoms. The van der Waals surface area contributed by atoms with Crippen LogP contribution in [0, 0.1) is 0 Å². The highest BCUT2D eigenvalue weighted by Crippen LogP contribution is 2.42. The molecule has 1 fully saturated rings. The van der Waals surface area contributed by atoms with Crippen molar-refractivity contribution in [3.05, 3.63) is 76.1 Å². The van der Waals surface area contributed by atoms with Crippen molar-refractivity contribution in [1.82, 2.24) is 34.9 Å². The maximum atomic E-state index is 14.3. The number of aliphatic hydroxyl groups excluding tert-OH is 1. The highest BCUT2D eigenvalue weighted by atomic mass is 19.3. The van der Waals surface area contributed by atoms with Gasteiger partial charge < -0.3 is 36.0 Å². The maximum Gasteiger partial charge on any atom is 0.351 e. The van der Waals surface area contributed by atoms with E-state index in [0.29, 0.717) is 22.4 Å². The van der Waals surface area contributed by atoms with Crippen molar-refractivity contribution < 1.29 is 43.2 Å². The van der Waals surface area contributed by atoms with Crippen LogP contribution in [-0.2, 0) is 9.53 Å². The van der Waals surface area contributed by atoms with Gasteiger partial charge in [0.1, 0.15) is 23.4 Å². The highest BCUT2D eigenvalue weighted by Gasteiger charge is 2.51. The summed E-state index contributed by atoms with van der Waals surface area (Å²) < 4.78 is 35.7. The van der Waals surface area contributed by atoms with Crippen LogP contribution in [0.3, 0.4) is 0 Å². The van der Waals surface area contributed by atoms with Gasteiger partial charge in [0, 0.05) is 36.5 Å². The molecule has 3 atom stereocenters. The largest absolute Gasteiger partial charge is 0.508 e. The van der Waals surface area contributed by atoms with E-state index in [-0.39, 0.29) is 46.0 Å². The van der Waals surface area contributed by atoms with Gasteiger partial charge in [-0.15, -0.1) is 10.2 Å². The summed E-state index contributed by atoms with van der Waals surface area (Å²) in [6, 6.07) is 8.60. The van der Waals surface area contributed by atoms with Gasteiger partial charge in [0.25, 0.3) is 17.7 Å². The number of ether oxygens (including phenoxy) is 1. The number of phenolic OH excluding ortho intramolecular Hbond substituents is 2. The summed E-state index contributed by atoms with van der Waals surface area (Å²) in [6.45, 7) is 6.47. The molecule has 5 rings (SSSR count). The van der Waals surface area contributed by atoms with E-state index in [0.717, 1.165) is 12.3 Å². The summed E-state index contributed by atoms with van der Waals surface area (Å²) in [7, 11) is 0. The third-order valence-electron chi connectivity index (χ3n) is 8.06. The van der Waals surface area contributed by atoms with Gasteiger partial charge in [-0.3, -0.25) is 23.5 Å². The molecule has 0 bridgehead atoms. The lowest BCUT2D eigenvalue weighted by atomic mass is 9.98. The molecule has 3 unspecified atom stereocenters. The Bertz CT molecular complexity index is 2010. The van der Waals surface area contributed by atoms with Crippen molar-refractivity contribution in [1.29, 1.82) is 0 Å². The van der Waals surface area contributed by atoms with Crippen molar-refractivity contribution in [2.45, 2.75) is 64.3 Å². The van der Waals surface area contributed by atoms with Crippen LogP contribution < -0.4 is 21.6 Å². The summed E-state index contributed by atoms with van der Waals surface area (Å²) in [5.74, 6) is -6.18. The molecule has 1 saturated heterocycles. The Morgan fingerprint density at radius 2 is 1.75 bits per heavy atom. The Labute approximate surface area is 289 Å². The quantitative estimate of drug-likeness (QED) is 0.133. The third-order valence-corrected chi connectivity index (χ3v) is 8.06. The molecule has 3 amide bonds. The number of carbonyl (C=O) groups is 3. The molecule has 6 N–H and O–H groups in total. The van der Waals surface area contributed by atoms with Crippen molar-refractivity contribution in [2.75, 3.05) is 18.5 Å². The number of aliphatic hydroxyl groups is 1. The summed E-state index contributed by atoms with van der Waals surface area (Å²) in [5.41, 5.74) is 0.0864. The zero-order chi connectivity index (χ0) is 37.2. The molecular weight excluding hydrogens is 674 g/mol. The summed E-state index contributed by atoms with van der Waals surface area (Å²) in [6.07, 6.45) is -2.92. The van der Waals surface area contributed by atoms with Gasteiger partial charge in [-0.1, -0.05) is 13.8 Å². The minimum Gasteiger partial charge on any atom is -0.508 e. The maximum absolute atomic E-state index is 14.3. The average molecular weight is 711 g/mol. The van der Waals surface area contributed by atoms with E-state index < -0.39 is 60.7 Å². The van der Waals surface area contributed by atoms with E-state index in [9.17, 15) is 43.3 Å². The lowest BCUT2D eigenvalue weighted by Crippen LogP contribution is -2.42. The fourth-order valence-electron chi connectivity index (χ4n) is 5.44. The molecule has 0 spiro atoms. The van der Waals surface area contributed by atoms with E-state index in [2.05, 4.69) is 31.1 Å². The topological polar surface area (TPSA) is 223 Å². The number of hydrogen-bond acceptors (Lipinski definition) is 11. The standard InChI is InChI=1S/C33H36F2N8O8/c1-5-36-30(49)27-41-40-26(22-12-21(16(2)3)23(45)13-24(22)46)43(27)19-8-6-18(7-9-19)29(48)37-17(4)28(47)38-25-10-11-42(32(50)39-25)31-33(34,35)14-20(15-44)51-31/h6-13,16-17,20,31,44-46H,5,14-15H2,1-4H3,(H,36,49)(H,37,48)(H,38,39,47,50). The molecule has 0 aliphatic carbocycles. The minimum atomic E-state index is -3.43. The molecule has 0 radical (unpaired) electrons. The Morgan fingerprint density at radius 1 is 1.04 bits per heavy atom. The number of carbonyl (C=O) groups excluding carboxylic acids is 3. The molecular formula is C33H36F2N8O8. The van der Waals surface area contributed by atoms with Crippen molar-refractivity contribution in [3.63, 3.8) is 0 Å². The number of halogens is 2. The number of anilines is 1. The van der Waals surface area contributed by atoms with E-state index in [1.807, 2.05) is 13.8 Å². The SMILES string of the molecule is CCNC(=O)c1nnc(-c2cc(C(C)C)c(O)cc2O)n1-c1ccc(C(=O)NC(C)C(=O)Nc2ccn(C3OC(CO)CC3(F)F)c(=O)n2)cc1. The second kappa shape index (κ2) is 14.6. The van der Waals surface area contributed by atoms with E-state index >= 15 is 0 Å². The molecule has 0 saturated carbocycles. The van der Waals surface area contributed by atoms with Crippen LogP contribution in [0.25, 0.3) is 17.1 Å². The van der Waals surface area contributed by atoms with E-state index in [1.54, 1.807) is 13.0 Å². The summed E-state index contributed by atoms with van der Waals surface area (Å²) in [5, 5.41) is 46.0. The van der Waals surface area contributed by atoms with Crippen molar-refractivity contribution in [2.24, 2.45) is 0 Å². The number of hydrogen-bond donors (Lipinski definition) is 6. The normalized spacial score (nSPS) is 17.3. The number of aromatic hydroxyl groups is 2. The minimum absolute atomic E-state index is 0.0956. The van der Waals surface area contributed by atoms with Crippen LogP contribution in [0.15, 0.2) is 53.5 Å². The van der Waals surface area contributed by atoms with Gasteiger partial charge in [-0.2, -0.15) is 4.98 Å². The van der Waals surface area contributed by atoms with Crippen LogP contribution in [0.1, 0.15) is 72.8 Å². The fraction of sp³-hybridized carbons (Fsp3) is 0.364. The van der Waals surface area contributed by atoms with Gasteiger partial charge in [0.2, 0.25) is 18.0 Å². The van der Waals surface area contributed by atoms with Gasteiger partial charge in [0.05, 0.1) is 18.3 Å². The van der Waals surface area contributed by atoms with Gasteiger partial charge in [-0.25, -0.2) is 13.6 Å². The van der Waals surface area contributed by atoms with E-state index in [1.165, 1.54) is 41.8 Å². The first-order chi connectivity index (χ1) is 24.1. The number of amides is 3. The van der Waals surface area contributed by atoms with Gasteiger partial charge >= 0.3 is 5.69 Å². The summed E-state index contributed by atoms with van der Waals surface area (Å²) in [4.78, 5) is 55.0. The average Bonchev–Trinajstić information content (AvgIpc) is 3.65. The molecule has 18 heteroatoms. The first-order valence-electron chi connectivity index (χ1n) is 15.9. The first-order valence-corrected chi connectivity index (χ1v) is 15.9. The lowest BCUT2D eigenvalue weighted by molar-refractivity contribution is -0.120. The van der Waals surface area contributed by atoms with Gasteiger partial charge in [0.15, 0.2) is 5.82 Å². The van der Waals surface area contributed by atoms with Crippen molar-refractivity contribution >= 4 is 23.5 Å². The Hall–Kier alpha value is -5.75. The molecule has 4 aromatic rings. The van der Waals surface area contributed by atoms with Crippen molar-refractivity contribution in [3.8, 4) is 28.6 Å². The van der Waals surface area contributed by atoms with Crippen LogP contribution in [0.5, 0.6) is 11.5 Å². The number of aromatic nitrogens is 5. The molecule has 2 aromatic carbocycles. The Kier molecular flexibility index (Phi) is 10.5. The Morgan fingerprint density at radius 3 is 2.35 bits per heavy atom. The molecule has 2 aromatic heterocycles. The number of benzene rings is 2. The van der Waals surface area contributed by atoms with Crippen LogP contribution >= 0.6 is 0 Å². The number of rotatable bonds is 11. The molecule has 3 heterocycles. The van der Waals surface area contributed by atoms with Crippen LogP contribution in [-0.4, -0.2) is 88.6 Å². The predicted octanol–water partition coefficient (Wildman–Crippen LogP) is 2.45. The monoisotopic (exact) mass is 710 g/mol. The Balaban J connectivity index is 1.32. The highest BCUT2D eigenvalue weighted by molar-refractivity contribution is 6.00. The smallest absolute Gasteiger partial charge is 0.351 e. The number of nitrogens with zero attached hydrogens (tertiary/aromatic N) is 5. The molecule has 270 valence electrons.